The fourth-order valence-electron chi connectivity index (χ4n) is 6.24. The predicted octanol–water partition coefficient (Wildman–Crippen LogP) is 5.37. The fraction of sp³-hybridized carbons (Fsp3) is 0.583. The molecule has 0 N–H and O–H groups in total. The molecule has 4 aliphatic rings. The van der Waals surface area contributed by atoms with Crippen molar-refractivity contribution in [1.82, 2.24) is 0 Å². The van der Waals surface area contributed by atoms with Gasteiger partial charge in [0.2, 0.25) is 0 Å². The first kappa shape index (κ1) is 17.7. The predicted molar refractivity (Wildman–Crippen MR) is 105 cm³/mol. The summed E-state index contributed by atoms with van der Waals surface area (Å²) >= 11 is 0. The first-order valence-corrected chi connectivity index (χ1v) is 10.1. The van der Waals surface area contributed by atoms with E-state index in [1.54, 1.807) is 22.8 Å². The highest BCUT2D eigenvalue weighted by molar-refractivity contribution is 6.01. The van der Waals surface area contributed by atoms with Gasteiger partial charge < -0.3 is 4.79 Å². The first-order chi connectivity index (χ1) is 12.3. The third kappa shape index (κ3) is 2.30. The maximum Gasteiger partial charge on any atom is 0.178 e. The molecule has 2 heteroatoms. The molecule has 0 fully saturated rings. The Balaban J connectivity index is 1.80. The van der Waals surface area contributed by atoms with Crippen LogP contribution in [0.3, 0.4) is 0 Å². The highest BCUT2D eigenvalue weighted by atomic mass is 16.1. The summed E-state index contributed by atoms with van der Waals surface area (Å²) in [5, 5.41) is 0. The molecule has 0 heterocycles. The molecule has 26 heavy (non-hydrogen) atoms. The van der Waals surface area contributed by atoms with Crippen molar-refractivity contribution in [1.29, 1.82) is 0 Å². The van der Waals surface area contributed by atoms with Crippen LogP contribution in [0.25, 0.3) is 0 Å². The van der Waals surface area contributed by atoms with Crippen molar-refractivity contribution in [3.05, 3.63) is 46.6 Å². The lowest BCUT2D eigenvalue weighted by atomic mass is 9.53. The van der Waals surface area contributed by atoms with Crippen molar-refractivity contribution in [2.75, 3.05) is 0 Å². The van der Waals surface area contributed by atoms with E-state index in [2.05, 4.69) is 39.8 Å². The van der Waals surface area contributed by atoms with Crippen LogP contribution in [0.1, 0.15) is 59.8 Å². The minimum Gasteiger partial charge on any atom is -0.303 e. The van der Waals surface area contributed by atoms with Crippen LogP contribution < -0.4 is 0 Å². The normalized spacial score (nSPS) is 41.2. The van der Waals surface area contributed by atoms with Gasteiger partial charge in [-0.3, -0.25) is 4.79 Å². The number of ketones is 1. The Morgan fingerprint density at radius 2 is 2.00 bits per heavy atom. The van der Waals surface area contributed by atoms with Crippen LogP contribution in [0.2, 0.25) is 0 Å². The van der Waals surface area contributed by atoms with E-state index in [0.29, 0.717) is 24.2 Å². The SMILES string of the molecule is CC1C2=CC(=O)C=CC2(C)C2=C(C3=CC[C@@](C)(CCC=O)C3CC2)C1C. The van der Waals surface area contributed by atoms with Crippen LogP contribution in [0.4, 0.5) is 0 Å². The van der Waals surface area contributed by atoms with E-state index in [-0.39, 0.29) is 16.6 Å². The summed E-state index contributed by atoms with van der Waals surface area (Å²) < 4.78 is 0. The number of hydrogen-bond acceptors (Lipinski definition) is 2. The molecule has 4 unspecified atom stereocenters. The largest absolute Gasteiger partial charge is 0.303 e. The van der Waals surface area contributed by atoms with Crippen molar-refractivity contribution in [3.8, 4) is 0 Å². The summed E-state index contributed by atoms with van der Waals surface area (Å²) in [6, 6.07) is 0. The molecule has 0 bridgehead atoms. The molecule has 0 aromatic carbocycles. The Hall–Kier alpha value is -1.70. The molecular weight excluding hydrogens is 320 g/mol. The van der Waals surface area contributed by atoms with Crippen LogP contribution >= 0.6 is 0 Å². The van der Waals surface area contributed by atoms with Gasteiger partial charge in [-0.15, -0.1) is 0 Å². The van der Waals surface area contributed by atoms with Gasteiger partial charge in [-0.1, -0.05) is 38.5 Å². The zero-order chi connectivity index (χ0) is 18.7. The minimum atomic E-state index is -0.0945. The number of allylic oxidation sites excluding steroid dienone is 8. The molecule has 2 nitrogen and oxygen atoms in total. The Bertz CT molecular complexity index is 793. The molecule has 0 aliphatic heterocycles. The van der Waals surface area contributed by atoms with Gasteiger partial charge in [-0.2, -0.15) is 0 Å². The van der Waals surface area contributed by atoms with E-state index in [4.69, 9.17) is 0 Å². The molecular formula is C24H30O2. The van der Waals surface area contributed by atoms with Gasteiger partial charge in [0.25, 0.3) is 0 Å². The number of rotatable bonds is 3. The van der Waals surface area contributed by atoms with Gasteiger partial charge in [0, 0.05) is 11.8 Å². The highest BCUT2D eigenvalue weighted by Crippen LogP contribution is 2.62. The third-order valence-electron chi connectivity index (χ3n) is 7.96. The zero-order valence-corrected chi connectivity index (χ0v) is 16.5. The van der Waals surface area contributed by atoms with E-state index < -0.39 is 0 Å². The number of fused-ring (bicyclic) bond motifs is 4. The van der Waals surface area contributed by atoms with E-state index in [1.807, 2.05) is 6.08 Å². The topological polar surface area (TPSA) is 34.1 Å². The molecule has 0 amide bonds. The lowest BCUT2D eigenvalue weighted by molar-refractivity contribution is -0.111. The number of hydrogen-bond donors (Lipinski definition) is 0. The number of carbonyl (C=O) groups is 2. The van der Waals surface area contributed by atoms with Crippen molar-refractivity contribution in [2.24, 2.45) is 28.6 Å². The molecule has 0 saturated carbocycles. The van der Waals surface area contributed by atoms with E-state index in [9.17, 15) is 9.59 Å². The summed E-state index contributed by atoms with van der Waals surface area (Å²) in [6.07, 6.45) is 14.4. The average Bonchev–Trinajstić information content (AvgIpc) is 2.97. The first-order valence-electron chi connectivity index (χ1n) is 10.1. The van der Waals surface area contributed by atoms with Crippen LogP contribution in [0, 0.1) is 28.6 Å². The molecule has 0 spiro atoms. The van der Waals surface area contributed by atoms with Crippen LogP contribution in [-0.2, 0) is 9.59 Å². The summed E-state index contributed by atoms with van der Waals surface area (Å²) in [6.45, 7) is 9.31. The molecule has 0 radical (unpaired) electrons. The smallest absolute Gasteiger partial charge is 0.178 e. The second-order valence-electron chi connectivity index (χ2n) is 9.32. The summed E-state index contributed by atoms with van der Waals surface area (Å²) in [4.78, 5) is 23.0. The second kappa shape index (κ2) is 5.90. The van der Waals surface area contributed by atoms with E-state index >= 15 is 0 Å². The molecule has 138 valence electrons. The van der Waals surface area contributed by atoms with Crippen LogP contribution in [0.5, 0.6) is 0 Å². The van der Waals surface area contributed by atoms with Gasteiger partial charge in [0.1, 0.15) is 6.29 Å². The number of carbonyl (C=O) groups excluding carboxylic acids is 2. The molecule has 0 aromatic heterocycles. The van der Waals surface area contributed by atoms with E-state index in [0.717, 1.165) is 25.5 Å². The summed E-state index contributed by atoms with van der Waals surface area (Å²) in [5.74, 6) is 1.55. The maximum absolute atomic E-state index is 12.0. The van der Waals surface area contributed by atoms with Crippen molar-refractivity contribution >= 4 is 12.1 Å². The summed E-state index contributed by atoms with van der Waals surface area (Å²) in [7, 11) is 0. The van der Waals surface area contributed by atoms with Gasteiger partial charge in [0.15, 0.2) is 5.78 Å². The third-order valence-corrected chi connectivity index (χ3v) is 7.96. The Labute approximate surface area is 157 Å². The molecule has 4 aliphatic carbocycles. The second-order valence-corrected chi connectivity index (χ2v) is 9.32. The van der Waals surface area contributed by atoms with Gasteiger partial charge in [-0.25, -0.2) is 0 Å². The molecule has 4 rings (SSSR count). The Morgan fingerprint density at radius 1 is 1.23 bits per heavy atom. The zero-order valence-electron chi connectivity index (χ0n) is 16.5. The van der Waals surface area contributed by atoms with Crippen molar-refractivity contribution < 1.29 is 9.59 Å². The van der Waals surface area contributed by atoms with Crippen LogP contribution in [0.15, 0.2) is 46.6 Å². The lowest BCUT2D eigenvalue weighted by Crippen LogP contribution is -2.40. The van der Waals surface area contributed by atoms with Crippen molar-refractivity contribution in [2.45, 2.75) is 59.8 Å². The minimum absolute atomic E-state index is 0.0945. The molecule has 5 atom stereocenters. The molecule has 0 saturated heterocycles. The maximum atomic E-state index is 12.0. The highest BCUT2D eigenvalue weighted by Gasteiger charge is 2.51. The van der Waals surface area contributed by atoms with Crippen molar-refractivity contribution in [3.63, 3.8) is 0 Å². The quantitative estimate of drug-likeness (QED) is 0.642. The van der Waals surface area contributed by atoms with Gasteiger partial charge in [-0.05, 0) is 84.6 Å². The van der Waals surface area contributed by atoms with Gasteiger partial charge in [0.05, 0.1) is 0 Å². The monoisotopic (exact) mass is 350 g/mol. The van der Waals surface area contributed by atoms with Crippen LogP contribution in [-0.4, -0.2) is 12.1 Å². The number of aldehydes is 1. The lowest BCUT2D eigenvalue weighted by Gasteiger charge is -2.50. The molecule has 0 aromatic rings. The summed E-state index contributed by atoms with van der Waals surface area (Å²) in [5.41, 5.74) is 6.11. The Morgan fingerprint density at radius 3 is 2.73 bits per heavy atom. The fourth-order valence-corrected chi connectivity index (χ4v) is 6.24. The standard InChI is InChI=1S/C24H30O2/c1-15-16(2)22-18-9-11-23(3,10-5-13-25)19(18)6-7-20(22)24(4)12-8-17(26)14-21(15)24/h8-9,12-16,19H,5-7,10-11H2,1-4H3/t15?,16?,19?,23-,24?/m1/s1. The van der Waals surface area contributed by atoms with Gasteiger partial charge >= 0.3 is 0 Å². The Kier molecular flexibility index (Phi) is 4.02. The average molecular weight is 351 g/mol. The van der Waals surface area contributed by atoms with E-state index in [1.165, 1.54) is 12.0 Å².